The molecule has 0 aliphatic carbocycles. The summed E-state index contributed by atoms with van der Waals surface area (Å²) >= 11 is 0. The van der Waals surface area contributed by atoms with Crippen molar-refractivity contribution >= 4 is 23.2 Å². The quantitative estimate of drug-likeness (QED) is 0.551. The van der Waals surface area contributed by atoms with Crippen LogP contribution in [0.5, 0.6) is 5.75 Å². The van der Waals surface area contributed by atoms with Gasteiger partial charge in [0.1, 0.15) is 11.6 Å². The first-order valence-corrected chi connectivity index (χ1v) is 9.86. The van der Waals surface area contributed by atoms with Crippen molar-refractivity contribution in [2.24, 2.45) is 0 Å². The number of anilines is 2. The molecule has 148 valence electrons. The van der Waals surface area contributed by atoms with E-state index < -0.39 is 0 Å². The molecule has 0 atom stereocenters. The number of hydrogen-bond donors (Lipinski definition) is 1. The minimum absolute atomic E-state index is 0.0293. The van der Waals surface area contributed by atoms with Gasteiger partial charge in [-0.2, -0.15) is 0 Å². The Labute approximate surface area is 165 Å². The Bertz CT molecular complexity index is 782. The second-order valence-corrected chi connectivity index (χ2v) is 7.03. The largest absolute Gasteiger partial charge is 0.494 e. The van der Waals surface area contributed by atoms with E-state index in [2.05, 4.69) is 15.2 Å². The summed E-state index contributed by atoms with van der Waals surface area (Å²) in [4.78, 5) is 30.1. The maximum Gasteiger partial charge on any atom is 0.224 e. The highest BCUT2D eigenvalue weighted by atomic mass is 16.5. The molecule has 1 fully saturated rings. The lowest BCUT2D eigenvalue weighted by Gasteiger charge is -2.27. The zero-order chi connectivity index (χ0) is 19.8. The monoisotopic (exact) mass is 381 g/mol. The van der Waals surface area contributed by atoms with Crippen molar-refractivity contribution in [3.63, 3.8) is 0 Å². The number of carbonyl (C=O) groups is 2. The Balaban J connectivity index is 1.37. The van der Waals surface area contributed by atoms with Gasteiger partial charge in [-0.15, -0.1) is 0 Å². The van der Waals surface area contributed by atoms with E-state index in [0.717, 1.165) is 18.9 Å². The van der Waals surface area contributed by atoms with Crippen LogP contribution in [0.15, 0.2) is 42.6 Å². The van der Waals surface area contributed by atoms with Crippen molar-refractivity contribution in [1.29, 1.82) is 0 Å². The number of amides is 1. The number of benzene rings is 1. The molecule has 0 bridgehead atoms. The van der Waals surface area contributed by atoms with Gasteiger partial charge >= 0.3 is 0 Å². The van der Waals surface area contributed by atoms with Crippen LogP contribution in [-0.2, 0) is 4.79 Å². The zero-order valence-corrected chi connectivity index (χ0v) is 16.3. The van der Waals surface area contributed by atoms with Gasteiger partial charge in [0.25, 0.3) is 0 Å². The van der Waals surface area contributed by atoms with Crippen LogP contribution in [0.25, 0.3) is 0 Å². The van der Waals surface area contributed by atoms with E-state index in [-0.39, 0.29) is 11.7 Å². The molecular weight excluding hydrogens is 354 g/mol. The fraction of sp³-hybridized carbons (Fsp3) is 0.409. The average molecular weight is 381 g/mol. The minimum atomic E-state index is -0.0527. The van der Waals surface area contributed by atoms with Crippen LogP contribution in [0.1, 0.15) is 49.4 Å². The third-order valence-corrected chi connectivity index (χ3v) is 4.79. The van der Waals surface area contributed by atoms with Crippen LogP contribution < -0.4 is 15.0 Å². The van der Waals surface area contributed by atoms with E-state index in [0.29, 0.717) is 36.4 Å². The molecule has 1 saturated heterocycles. The molecule has 0 radical (unpaired) electrons. The molecule has 1 aromatic heterocycles. The van der Waals surface area contributed by atoms with E-state index in [9.17, 15) is 9.59 Å². The van der Waals surface area contributed by atoms with Crippen LogP contribution in [-0.4, -0.2) is 36.4 Å². The summed E-state index contributed by atoms with van der Waals surface area (Å²) in [5.41, 5.74) is 1.37. The van der Waals surface area contributed by atoms with E-state index >= 15 is 0 Å². The van der Waals surface area contributed by atoms with Gasteiger partial charge < -0.3 is 15.0 Å². The fourth-order valence-corrected chi connectivity index (χ4v) is 3.20. The number of nitrogens with one attached hydrogen (secondary N) is 1. The van der Waals surface area contributed by atoms with E-state index in [1.54, 1.807) is 30.5 Å². The molecule has 0 unspecified atom stereocenters. The minimum Gasteiger partial charge on any atom is -0.494 e. The van der Waals surface area contributed by atoms with Crippen molar-refractivity contribution in [2.45, 2.75) is 39.0 Å². The summed E-state index contributed by atoms with van der Waals surface area (Å²) in [6, 6.07) is 10.9. The Morgan fingerprint density at radius 1 is 1.07 bits per heavy atom. The summed E-state index contributed by atoms with van der Waals surface area (Å²) < 4.78 is 5.62. The van der Waals surface area contributed by atoms with Gasteiger partial charge in [-0.05, 0) is 69.0 Å². The summed E-state index contributed by atoms with van der Waals surface area (Å²) in [6.45, 7) is 4.08. The topological polar surface area (TPSA) is 71.5 Å². The molecule has 6 heteroatoms. The van der Waals surface area contributed by atoms with Gasteiger partial charge in [-0.1, -0.05) is 0 Å². The predicted octanol–water partition coefficient (Wildman–Crippen LogP) is 4.07. The van der Waals surface area contributed by atoms with Crippen molar-refractivity contribution in [1.82, 2.24) is 4.98 Å². The standard InChI is InChI=1S/C22H27N3O3/c1-17(26)18-7-10-20(11-8-18)28-15-5-6-22(27)24-19-9-12-21(23-16-19)25-13-3-2-4-14-25/h7-12,16H,2-6,13-15H2,1H3,(H,24,27). The van der Waals surface area contributed by atoms with Gasteiger partial charge in [0.2, 0.25) is 5.91 Å². The van der Waals surface area contributed by atoms with Crippen LogP contribution in [0, 0.1) is 0 Å². The number of ketones is 1. The van der Waals surface area contributed by atoms with Gasteiger partial charge in [0.05, 0.1) is 18.5 Å². The van der Waals surface area contributed by atoms with Crippen molar-refractivity contribution in [2.75, 3.05) is 29.9 Å². The van der Waals surface area contributed by atoms with Gasteiger partial charge in [0, 0.05) is 25.1 Å². The van der Waals surface area contributed by atoms with Gasteiger partial charge in [0.15, 0.2) is 5.78 Å². The number of nitrogens with zero attached hydrogens (tertiary/aromatic N) is 2. The molecule has 6 nitrogen and oxygen atoms in total. The number of rotatable bonds is 8. The Morgan fingerprint density at radius 2 is 1.82 bits per heavy atom. The number of Topliss-reactive ketones (excluding diaryl/α,β-unsaturated/α-hetero) is 1. The highest BCUT2D eigenvalue weighted by Crippen LogP contribution is 2.19. The molecule has 28 heavy (non-hydrogen) atoms. The number of pyridine rings is 1. The zero-order valence-electron chi connectivity index (χ0n) is 16.3. The molecule has 3 rings (SSSR count). The van der Waals surface area contributed by atoms with Crippen LogP contribution >= 0.6 is 0 Å². The first-order chi connectivity index (χ1) is 13.6. The second kappa shape index (κ2) is 9.88. The average Bonchev–Trinajstić information content (AvgIpc) is 2.73. The predicted molar refractivity (Wildman–Crippen MR) is 110 cm³/mol. The van der Waals surface area contributed by atoms with Crippen LogP contribution in [0.2, 0.25) is 0 Å². The molecule has 1 aliphatic heterocycles. The first-order valence-electron chi connectivity index (χ1n) is 9.86. The Morgan fingerprint density at radius 3 is 2.46 bits per heavy atom. The summed E-state index contributed by atoms with van der Waals surface area (Å²) in [6.07, 6.45) is 6.41. The highest BCUT2D eigenvalue weighted by molar-refractivity contribution is 5.94. The molecule has 1 aliphatic rings. The van der Waals surface area contributed by atoms with Crippen molar-refractivity contribution in [3.8, 4) is 5.75 Å². The van der Waals surface area contributed by atoms with Gasteiger partial charge in [-0.3, -0.25) is 9.59 Å². The third kappa shape index (κ3) is 5.81. The fourth-order valence-electron chi connectivity index (χ4n) is 3.20. The smallest absolute Gasteiger partial charge is 0.224 e. The third-order valence-electron chi connectivity index (χ3n) is 4.79. The summed E-state index contributed by atoms with van der Waals surface area (Å²) in [7, 11) is 0. The van der Waals surface area contributed by atoms with Crippen molar-refractivity contribution < 1.29 is 14.3 Å². The Hall–Kier alpha value is -2.89. The first kappa shape index (κ1) is 19.9. The summed E-state index contributed by atoms with van der Waals surface area (Å²) in [5, 5.41) is 2.88. The molecule has 0 saturated carbocycles. The van der Waals surface area contributed by atoms with Crippen LogP contribution in [0.3, 0.4) is 0 Å². The summed E-state index contributed by atoms with van der Waals surface area (Å²) in [5.74, 6) is 1.65. The lowest BCUT2D eigenvalue weighted by molar-refractivity contribution is -0.116. The van der Waals surface area contributed by atoms with Crippen LogP contribution in [0.4, 0.5) is 11.5 Å². The van der Waals surface area contributed by atoms with Gasteiger partial charge in [-0.25, -0.2) is 4.98 Å². The number of carbonyl (C=O) groups excluding carboxylic acids is 2. The van der Waals surface area contributed by atoms with E-state index in [1.807, 2.05) is 12.1 Å². The van der Waals surface area contributed by atoms with Crippen molar-refractivity contribution in [3.05, 3.63) is 48.2 Å². The Kier molecular flexibility index (Phi) is 7.00. The maximum atomic E-state index is 12.1. The normalized spacial score (nSPS) is 13.8. The molecule has 1 aromatic carbocycles. The number of aromatic nitrogens is 1. The lowest BCUT2D eigenvalue weighted by Crippen LogP contribution is -2.30. The lowest BCUT2D eigenvalue weighted by atomic mass is 10.1. The molecule has 1 N–H and O–H groups in total. The number of ether oxygens (including phenoxy) is 1. The molecule has 2 heterocycles. The maximum absolute atomic E-state index is 12.1. The highest BCUT2D eigenvalue weighted by Gasteiger charge is 2.12. The van der Waals surface area contributed by atoms with E-state index in [4.69, 9.17) is 4.74 Å². The number of piperidine rings is 1. The molecule has 0 spiro atoms. The van der Waals surface area contributed by atoms with E-state index in [1.165, 1.54) is 26.2 Å². The SMILES string of the molecule is CC(=O)c1ccc(OCCCC(=O)Nc2ccc(N3CCCCC3)nc2)cc1. The molecular formula is C22H27N3O3. The molecule has 1 amide bonds. The molecule has 2 aromatic rings. The second-order valence-electron chi connectivity index (χ2n) is 7.03. The number of hydrogen-bond acceptors (Lipinski definition) is 5.